The Morgan fingerprint density at radius 1 is 1.53 bits per heavy atom. The van der Waals surface area contributed by atoms with Gasteiger partial charge in [-0.1, -0.05) is 13.8 Å². The molecule has 1 unspecified atom stereocenters. The SMILES string of the molecule is CC(C)Cc1cncnc1C1CNCCN1C. The summed E-state index contributed by atoms with van der Waals surface area (Å²) in [5.41, 5.74) is 2.49. The maximum Gasteiger partial charge on any atom is 0.115 e. The van der Waals surface area contributed by atoms with Crippen molar-refractivity contribution >= 4 is 0 Å². The smallest absolute Gasteiger partial charge is 0.115 e. The van der Waals surface area contributed by atoms with Crippen LogP contribution >= 0.6 is 0 Å². The zero-order valence-corrected chi connectivity index (χ0v) is 11.0. The molecule has 0 saturated carbocycles. The van der Waals surface area contributed by atoms with Crippen molar-refractivity contribution in [3.05, 3.63) is 23.8 Å². The second-order valence-electron chi connectivity index (χ2n) is 5.23. The molecule has 4 nitrogen and oxygen atoms in total. The van der Waals surface area contributed by atoms with E-state index < -0.39 is 0 Å². The van der Waals surface area contributed by atoms with Gasteiger partial charge in [0.2, 0.25) is 0 Å². The first kappa shape index (κ1) is 12.5. The minimum atomic E-state index is 0.389. The molecule has 0 spiro atoms. The first-order valence-corrected chi connectivity index (χ1v) is 6.38. The fraction of sp³-hybridized carbons (Fsp3) is 0.692. The van der Waals surface area contributed by atoms with Gasteiger partial charge in [-0.25, -0.2) is 9.97 Å². The third-order valence-electron chi connectivity index (χ3n) is 3.28. The normalized spacial score (nSPS) is 22.0. The molecule has 94 valence electrons. The summed E-state index contributed by atoms with van der Waals surface area (Å²) in [6.07, 6.45) is 4.70. The van der Waals surface area contributed by atoms with Crippen LogP contribution in [0.15, 0.2) is 12.5 Å². The van der Waals surface area contributed by atoms with E-state index in [1.54, 1.807) is 6.33 Å². The molecule has 2 rings (SSSR count). The minimum Gasteiger partial charge on any atom is -0.313 e. The van der Waals surface area contributed by atoms with Gasteiger partial charge in [0.25, 0.3) is 0 Å². The van der Waals surface area contributed by atoms with Crippen molar-refractivity contribution in [1.29, 1.82) is 0 Å². The fourth-order valence-electron chi connectivity index (χ4n) is 2.38. The summed E-state index contributed by atoms with van der Waals surface area (Å²) in [6.45, 7) is 7.60. The Bertz CT molecular complexity index is 364. The van der Waals surface area contributed by atoms with Crippen LogP contribution in [0, 0.1) is 5.92 Å². The summed E-state index contributed by atoms with van der Waals surface area (Å²) in [7, 11) is 2.17. The van der Waals surface area contributed by atoms with E-state index in [1.807, 2.05) is 6.20 Å². The lowest BCUT2D eigenvalue weighted by atomic mass is 9.98. The molecule has 4 heteroatoms. The molecular formula is C13H22N4. The zero-order valence-electron chi connectivity index (χ0n) is 11.0. The quantitative estimate of drug-likeness (QED) is 0.854. The number of likely N-dealkylation sites (N-methyl/N-ethyl adjacent to an activating group) is 1. The molecule has 0 aromatic carbocycles. The maximum atomic E-state index is 4.51. The van der Waals surface area contributed by atoms with Gasteiger partial charge in [0.1, 0.15) is 6.33 Å². The summed E-state index contributed by atoms with van der Waals surface area (Å²) < 4.78 is 0. The lowest BCUT2D eigenvalue weighted by Crippen LogP contribution is -2.44. The van der Waals surface area contributed by atoms with Gasteiger partial charge in [-0.05, 0) is 24.9 Å². The number of hydrogen-bond donors (Lipinski definition) is 1. The van der Waals surface area contributed by atoms with E-state index in [0.29, 0.717) is 12.0 Å². The molecule has 17 heavy (non-hydrogen) atoms. The van der Waals surface area contributed by atoms with Gasteiger partial charge in [0, 0.05) is 25.8 Å². The van der Waals surface area contributed by atoms with Crippen LogP contribution in [-0.4, -0.2) is 41.5 Å². The number of nitrogens with zero attached hydrogens (tertiary/aromatic N) is 3. The first-order chi connectivity index (χ1) is 8.18. The van der Waals surface area contributed by atoms with Crippen LogP contribution in [-0.2, 0) is 6.42 Å². The Kier molecular flexibility index (Phi) is 4.07. The van der Waals surface area contributed by atoms with Crippen molar-refractivity contribution in [2.45, 2.75) is 26.3 Å². The summed E-state index contributed by atoms with van der Waals surface area (Å²) in [5, 5.41) is 3.44. The van der Waals surface area contributed by atoms with Gasteiger partial charge in [-0.2, -0.15) is 0 Å². The van der Waals surface area contributed by atoms with Gasteiger partial charge in [-0.15, -0.1) is 0 Å². The molecule has 1 saturated heterocycles. The van der Waals surface area contributed by atoms with Gasteiger partial charge in [-0.3, -0.25) is 4.90 Å². The number of nitrogens with one attached hydrogen (secondary N) is 1. The van der Waals surface area contributed by atoms with E-state index in [9.17, 15) is 0 Å². The average Bonchev–Trinajstić information content (AvgIpc) is 2.30. The molecule has 0 bridgehead atoms. The highest BCUT2D eigenvalue weighted by atomic mass is 15.2. The molecule has 0 amide bonds. The molecule has 1 aromatic rings. The standard InChI is InChI=1S/C13H22N4/c1-10(2)6-11-7-15-9-16-13(11)12-8-14-4-5-17(12)3/h7,9-10,12,14H,4-6,8H2,1-3H3. The second kappa shape index (κ2) is 5.56. The van der Waals surface area contributed by atoms with Crippen LogP contribution in [0.1, 0.15) is 31.1 Å². The maximum absolute atomic E-state index is 4.51. The van der Waals surface area contributed by atoms with E-state index in [0.717, 1.165) is 26.1 Å². The van der Waals surface area contributed by atoms with Crippen molar-refractivity contribution in [2.24, 2.45) is 5.92 Å². The zero-order chi connectivity index (χ0) is 12.3. The van der Waals surface area contributed by atoms with Crippen molar-refractivity contribution in [2.75, 3.05) is 26.7 Å². The summed E-state index contributed by atoms with van der Waals surface area (Å²) in [5.74, 6) is 0.640. The number of rotatable bonds is 3. The molecule has 1 aromatic heterocycles. The van der Waals surface area contributed by atoms with Crippen LogP contribution in [0.4, 0.5) is 0 Å². The molecule has 0 radical (unpaired) electrons. The summed E-state index contributed by atoms with van der Waals surface area (Å²) >= 11 is 0. The topological polar surface area (TPSA) is 41.1 Å². The predicted octanol–water partition coefficient (Wildman–Crippen LogP) is 1.25. The molecule has 0 aliphatic carbocycles. The average molecular weight is 234 g/mol. The Morgan fingerprint density at radius 3 is 3.06 bits per heavy atom. The van der Waals surface area contributed by atoms with E-state index in [4.69, 9.17) is 0 Å². The molecular weight excluding hydrogens is 212 g/mol. The van der Waals surface area contributed by atoms with E-state index in [2.05, 4.69) is 41.1 Å². The van der Waals surface area contributed by atoms with Gasteiger partial charge < -0.3 is 5.32 Å². The fourth-order valence-corrected chi connectivity index (χ4v) is 2.38. The van der Waals surface area contributed by atoms with Gasteiger partial charge in [0.05, 0.1) is 11.7 Å². The van der Waals surface area contributed by atoms with E-state index in [-0.39, 0.29) is 0 Å². The lowest BCUT2D eigenvalue weighted by Gasteiger charge is -2.33. The highest BCUT2D eigenvalue weighted by Crippen LogP contribution is 2.23. The highest BCUT2D eigenvalue weighted by Gasteiger charge is 2.24. The van der Waals surface area contributed by atoms with Crippen molar-refractivity contribution in [1.82, 2.24) is 20.2 Å². The summed E-state index contributed by atoms with van der Waals surface area (Å²) in [4.78, 5) is 11.1. The molecule has 1 fully saturated rings. The highest BCUT2D eigenvalue weighted by molar-refractivity contribution is 5.21. The Hall–Kier alpha value is -1.00. The van der Waals surface area contributed by atoms with Crippen molar-refractivity contribution < 1.29 is 0 Å². The van der Waals surface area contributed by atoms with Crippen LogP contribution in [0.3, 0.4) is 0 Å². The Balaban J connectivity index is 2.23. The van der Waals surface area contributed by atoms with E-state index >= 15 is 0 Å². The van der Waals surface area contributed by atoms with Crippen molar-refractivity contribution in [3.8, 4) is 0 Å². The van der Waals surface area contributed by atoms with Crippen LogP contribution in [0.25, 0.3) is 0 Å². The largest absolute Gasteiger partial charge is 0.313 e. The van der Waals surface area contributed by atoms with Crippen LogP contribution < -0.4 is 5.32 Å². The molecule has 2 heterocycles. The minimum absolute atomic E-state index is 0.389. The molecule has 1 N–H and O–H groups in total. The van der Waals surface area contributed by atoms with Gasteiger partial charge >= 0.3 is 0 Å². The van der Waals surface area contributed by atoms with Crippen LogP contribution in [0.5, 0.6) is 0 Å². The molecule has 1 aliphatic heterocycles. The lowest BCUT2D eigenvalue weighted by molar-refractivity contribution is 0.197. The Labute approximate surface area is 103 Å². The number of hydrogen-bond acceptors (Lipinski definition) is 4. The predicted molar refractivity (Wildman–Crippen MR) is 68.8 cm³/mol. The number of aromatic nitrogens is 2. The van der Waals surface area contributed by atoms with Crippen molar-refractivity contribution in [3.63, 3.8) is 0 Å². The van der Waals surface area contributed by atoms with Crippen LogP contribution in [0.2, 0.25) is 0 Å². The van der Waals surface area contributed by atoms with Gasteiger partial charge in [0.15, 0.2) is 0 Å². The third kappa shape index (κ3) is 3.01. The second-order valence-corrected chi connectivity index (χ2v) is 5.23. The first-order valence-electron chi connectivity index (χ1n) is 6.38. The monoisotopic (exact) mass is 234 g/mol. The third-order valence-corrected chi connectivity index (χ3v) is 3.28. The van der Waals surface area contributed by atoms with E-state index in [1.165, 1.54) is 11.3 Å². The molecule has 1 atom stereocenters. The number of piperazine rings is 1. The summed E-state index contributed by atoms with van der Waals surface area (Å²) in [6, 6.07) is 0.389. The Morgan fingerprint density at radius 2 is 2.35 bits per heavy atom. The molecule has 1 aliphatic rings.